The monoisotopic (exact) mass is 1570 g/mol. The van der Waals surface area contributed by atoms with Crippen molar-refractivity contribution in [2.75, 3.05) is 23.7 Å². The van der Waals surface area contributed by atoms with Crippen molar-refractivity contribution in [2.45, 2.75) is 165 Å². The van der Waals surface area contributed by atoms with Gasteiger partial charge in [0.15, 0.2) is 10.1 Å². The second-order valence-electron chi connectivity index (χ2n) is 25.8. The van der Waals surface area contributed by atoms with E-state index in [4.69, 9.17) is 42.9 Å². The van der Waals surface area contributed by atoms with Gasteiger partial charge in [-0.2, -0.15) is 34.8 Å². The molecule has 6 aromatic heterocycles. The number of alkyl halides is 6. The zero-order valence-corrected chi connectivity index (χ0v) is 60.3. The molecule has 8 rings (SSSR count). The third kappa shape index (κ3) is 23.3. The lowest BCUT2D eigenvalue weighted by Gasteiger charge is -2.33. The summed E-state index contributed by atoms with van der Waals surface area (Å²) in [4.78, 5) is 75.6. The Bertz CT molecular complexity index is 4080. The molecule has 2 aliphatic rings. The number of nitrogens with two attached hydrogens (primary N) is 1. The number of amides is 3. The van der Waals surface area contributed by atoms with Crippen molar-refractivity contribution in [1.29, 1.82) is 0 Å². The molecule has 2 aliphatic heterocycles. The van der Waals surface area contributed by atoms with Crippen LogP contribution in [0.4, 0.5) is 47.6 Å². The summed E-state index contributed by atoms with van der Waals surface area (Å²) >= 11 is 17.7. The van der Waals surface area contributed by atoms with E-state index in [-0.39, 0.29) is 67.7 Å². The van der Waals surface area contributed by atoms with Crippen molar-refractivity contribution >= 4 is 111 Å². The van der Waals surface area contributed by atoms with E-state index in [1.54, 1.807) is 51.3 Å². The Kier molecular flexibility index (Phi) is 25.6. The van der Waals surface area contributed by atoms with Crippen molar-refractivity contribution in [3.05, 3.63) is 150 Å². The number of aromatic nitrogens is 6. The van der Waals surface area contributed by atoms with Crippen LogP contribution in [-0.2, 0) is 41.9 Å². The number of pyridine rings is 6. The first-order valence-electron chi connectivity index (χ1n) is 29.6. The van der Waals surface area contributed by atoms with Gasteiger partial charge >= 0.3 is 30.5 Å². The van der Waals surface area contributed by atoms with Crippen LogP contribution in [0.3, 0.4) is 0 Å². The highest BCUT2D eigenvalue weighted by atomic mass is 79.9. The van der Waals surface area contributed by atoms with Crippen LogP contribution in [0.15, 0.2) is 116 Å². The maximum absolute atomic E-state index is 13.6. The highest BCUT2D eigenvalue weighted by molar-refractivity contribution is 9.10. The standard InChI is InChI=1S/C31H35BrClF3N6O5S.C25H34F3N5O4S.C6H3BrClNO2/c1-29(2,3)47-28(44)42-17-18(16-30(42,4)5)12-14-21(20-8-6-9-22(37-20)31(34,35)36)38-24-10-7-11-25(40-24)48(45,46)41-27(43)19-13-15-23(32)39-26(19)33;1-23(2,3)37-22(34)33-15-16(14-24(33,4)5)12-13-18(17-8-6-9-19(30-17)25(26,27)28)31-20-10-7-11-21(32-20)38(29,35)36;7-4-2-1-3(6(10)11)5(8)9-4/h6-11,13,15,18,21H,12,14,16-17H2,1-5H3,(H,38,40)(H,41,43);6-11,16,18H,12-15H2,1-5H3,(H,31,32)(H2,29,35,36);1-2H,(H,10,11)/t18-,21?;16-,18?;/m00./s1. The number of sulfonamides is 2. The Balaban J connectivity index is 0.000000269. The number of carboxylic acid groups (broad SMARTS) is 1. The smallest absolute Gasteiger partial charge is 0.433 e. The minimum absolute atomic E-state index is 0.00752. The molecule has 0 bridgehead atoms. The van der Waals surface area contributed by atoms with Gasteiger partial charge in [0, 0.05) is 24.2 Å². The molecule has 2 saturated heterocycles. The number of rotatable bonds is 17. The van der Waals surface area contributed by atoms with Gasteiger partial charge in [-0.1, -0.05) is 47.5 Å². The van der Waals surface area contributed by atoms with Crippen LogP contribution in [0.25, 0.3) is 0 Å². The molecule has 97 heavy (non-hydrogen) atoms. The molecule has 8 heterocycles. The topological polar surface area (TPSA) is 321 Å². The lowest BCUT2D eigenvalue weighted by Crippen LogP contribution is -2.45. The number of ether oxygens (including phenoxy) is 2. The van der Waals surface area contributed by atoms with Gasteiger partial charge in [0.25, 0.3) is 26.0 Å². The molecule has 0 radical (unpaired) electrons. The summed E-state index contributed by atoms with van der Waals surface area (Å²) in [7, 11) is -8.59. The molecule has 528 valence electrons. The minimum atomic E-state index is -4.69. The SMILES string of the molecule is CC(C)(C)OC(=O)N1C[C@@H](CCC(Nc2cccc(S(=O)(=O)NC(=O)c3ccc(Br)nc3Cl)n2)c2cccc(C(F)(F)F)n2)CC1(C)C.CC(C)(C)OC(=O)N1C[C@@H](CCC(Nc2cccc(S(N)(=O)=O)n2)c2cccc(C(F)(F)F)n2)CC1(C)C.O=C(O)c1ccc(Br)nc1Cl. The first kappa shape index (κ1) is 79.0. The van der Waals surface area contributed by atoms with Crippen molar-refractivity contribution in [3.63, 3.8) is 0 Å². The average Bonchev–Trinajstić information content (AvgIpc) is 1.63. The summed E-state index contributed by atoms with van der Waals surface area (Å²) in [5, 5.41) is 18.6. The molecular formula is C62H72Br2Cl2F6N12O11S2. The van der Waals surface area contributed by atoms with E-state index >= 15 is 0 Å². The molecule has 0 spiro atoms. The summed E-state index contributed by atoms with van der Waals surface area (Å²) < 4.78 is 145. The fourth-order valence-electron chi connectivity index (χ4n) is 10.5. The number of carbonyl (C=O) groups is 4. The number of hydrogen-bond donors (Lipinski definition) is 5. The summed E-state index contributed by atoms with van der Waals surface area (Å²) in [5.41, 5.74) is -4.42. The van der Waals surface area contributed by atoms with Gasteiger partial charge in [0.05, 0.1) is 34.6 Å². The maximum Gasteiger partial charge on any atom is 0.433 e. The Hall–Kier alpha value is -7.04. The molecular weight excluding hydrogens is 1500 g/mol. The molecule has 2 fully saturated rings. The van der Waals surface area contributed by atoms with Gasteiger partial charge in [-0.25, -0.2) is 62.6 Å². The number of carbonyl (C=O) groups excluding carboxylic acids is 3. The molecule has 0 saturated carbocycles. The third-order valence-electron chi connectivity index (χ3n) is 14.7. The number of anilines is 2. The van der Waals surface area contributed by atoms with Gasteiger partial charge in [0.1, 0.15) is 53.7 Å². The van der Waals surface area contributed by atoms with Crippen LogP contribution in [0.2, 0.25) is 10.3 Å². The Labute approximate surface area is 584 Å². The van der Waals surface area contributed by atoms with Gasteiger partial charge in [-0.15, -0.1) is 0 Å². The molecule has 6 aromatic rings. The Morgan fingerprint density at radius 1 is 0.598 bits per heavy atom. The van der Waals surface area contributed by atoms with Crippen LogP contribution in [-0.4, -0.2) is 121 Å². The predicted molar refractivity (Wildman–Crippen MR) is 355 cm³/mol. The van der Waals surface area contributed by atoms with Crippen molar-refractivity contribution in [3.8, 4) is 0 Å². The highest BCUT2D eigenvalue weighted by Crippen LogP contribution is 2.41. The fourth-order valence-corrected chi connectivity index (χ4v) is 13.2. The molecule has 4 atom stereocenters. The van der Waals surface area contributed by atoms with Gasteiger partial charge < -0.3 is 35.0 Å². The van der Waals surface area contributed by atoms with E-state index in [1.165, 1.54) is 78.9 Å². The van der Waals surface area contributed by atoms with Crippen LogP contribution in [0.1, 0.15) is 163 Å². The van der Waals surface area contributed by atoms with Gasteiger partial charge in [-0.3, -0.25) is 4.79 Å². The molecule has 0 aliphatic carbocycles. The van der Waals surface area contributed by atoms with Crippen molar-refractivity contribution in [2.24, 2.45) is 17.0 Å². The van der Waals surface area contributed by atoms with E-state index in [9.17, 15) is 62.4 Å². The lowest BCUT2D eigenvalue weighted by atomic mass is 9.91. The fraction of sp³-hybridized carbons (Fsp3) is 0.452. The number of nitrogens with zero attached hydrogens (tertiary/aromatic N) is 8. The van der Waals surface area contributed by atoms with Crippen LogP contribution >= 0.6 is 55.1 Å². The largest absolute Gasteiger partial charge is 0.478 e. The molecule has 6 N–H and O–H groups in total. The van der Waals surface area contributed by atoms with Crippen molar-refractivity contribution < 1.29 is 76.9 Å². The highest BCUT2D eigenvalue weighted by Gasteiger charge is 2.45. The molecule has 3 amide bonds. The van der Waals surface area contributed by atoms with E-state index in [0.29, 0.717) is 54.4 Å². The summed E-state index contributed by atoms with van der Waals surface area (Å²) in [6.07, 6.45) is -7.24. The first-order valence-corrected chi connectivity index (χ1v) is 35.0. The second-order valence-corrected chi connectivity index (χ2v) is 31.3. The van der Waals surface area contributed by atoms with Crippen molar-refractivity contribution in [1.82, 2.24) is 44.4 Å². The maximum atomic E-state index is 13.6. The quantitative estimate of drug-likeness (QED) is 0.0418. The number of carboxylic acids is 1. The number of aromatic carboxylic acids is 1. The van der Waals surface area contributed by atoms with Crippen LogP contribution in [0.5, 0.6) is 0 Å². The van der Waals surface area contributed by atoms with E-state index in [2.05, 4.69) is 72.4 Å². The average molecular weight is 1570 g/mol. The third-order valence-corrected chi connectivity index (χ3v) is 18.2. The normalized spacial score (nSPS) is 16.9. The second kappa shape index (κ2) is 31.4. The summed E-state index contributed by atoms with van der Waals surface area (Å²) in [5.74, 6) is -1.93. The summed E-state index contributed by atoms with van der Waals surface area (Å²) in [6.45, 7) is 19.3. The van der Waals surface area contributed by atoms with Crippen LogP contribution < -0.4 is 20.5 Å². The van der Waals surface area contributed by atoms with E-state index in [1.807, 2.05) is 32.4 Å². The zero-order chi connectivity index (χ0) is 72.6. The van der Waals surface area contributed by atoms with Gasteiger partial charge in [-0.05, 0) is 224 Å². The number of primary sulfonamides is 1. The number of nitrogens with one attached hydrogen (secondary N) is 3. The molecule has 2 unspecified atom stereocenters. The van der Waals surface area contributed by atoms with Crippen LogP contribution in [0, 0.1) is 11.8 Å². The minimum Gasteiger partial charge on any atom is -0.478 e. The number of hydrogen-bond acceptors (Lipinski definition) is 18. The van der Waals surface area contributed by atoms with E-state index in [0.717, 1.165) is 18.2 Å². The Morgan fingerprint density at radius 3 is 1.35 bits per heavy atom. The zero-order valence-electron chi connectivity index (χ0n) is 54.0. The molecule has 35 heteroatoms. The first-order chi connectivity index (χ1) is 44.6. The number of halogens is 10. The van der Waals surface area contributed by atoms with Gasteiger partial charge in [0.2, 0.25) is 0 Å². The Morgan fingerprint density at radius 2 is 0.979 bits per heavy atom. The number of likely N-dealkylation sites (tertiary alicyclic amines) is 2. The molecule has 23 nitrogen and oxygen atoms in total. The van der Waals surface area contributed by atoms with E-state index < -0.39 is 107 Å². The lowest BCUT2D eigenvalue weighted by molar-refractivity contribution is -0.142. The predicted octanol–water partition coefficient (Wildman–Crippen LogP) is 14.7. The summed E-state index contributed by atoms with van der Waals surface area (Å²) in [6, 6.07) is 19.4. The molecule has 0 aromatic carbocycles.